The summed E-state index contributed by atoms with van der Waals surface area (Å²) in [7, 11) is -1.49. The molecule has 0 aliphatic heterocycles. The molecule has 1 aliphatic carbocycles. The molecule has 0 heterocycles. The van der Waals surface area contributed by atoms with Gasteiger partial charge in [0, 0.05) is 0 Å². The molecule has 0 N–H and O–H groups in total. The number of hydrogen-bond donors (Lipinski definition) is 0. The molecule has 1 aromatic carbocycles. The summed E-state index contributed by atoms with van der Waals surface area (Å²) in [6, 6.07) is 7.20. The van der Waals surface area contributed by atoms with Gasteiger partial charge < -0.3 is 9.47 Å². The van der Waals surface area contributed by atoms with Crippen LogP contribution in [-0.2, 0) is 25.1 Å². The zero-order valence-electron chi connectivity index (χ0n) is 13.6. The molecule has 1 aliphatic rings. The first-order valence-corrected chi connectivity index (χ1v) is 9.31. The number of methoxy groups -OCH3 is 1. The second kappa shape index (κ2) is 10.0. The highest BCUT2D eigenvalue weighted by molar-refractivity contribution is 7.91. The van der Waals surface area contributed by atoms with Crippen LogP contribution in [0.4, 0.5) is 0 Å². The van der Waals surface area contributed by atoms with Crippen LogP contribution in [0.5, 0.6) is 5.75 Å². The third-order valence-corrected chi connectivity index (χ3v) is 5.48. The maximum Gasteiger partial charge on any atom is 0.293 e. The molecule has 0 bridgehead atoms. The van der Waals surface area contributed by atoms with E-state index in [2.05, 4.69) is 4.74 Å². The maximum atomic E-state index is 12.2. The highest BCUT2D eigenvalue weighted by atomic mass is 32.2. The van der Waals surface area contributed by atoms with E-state index in [1.807, 2.05) is 24.3 Å². The van der Waals surface area contributed by atoms with E-state index in [-0.39, 0.29) is 11.0 Å². The Kier molecular flexibility index (Phi) is 8.40. The van der Waals surface area contributed by atoms with Crippen LogP contribution in [0.3, 0.4) is 0 Å². The van der Waals surface area contributed by atoms with E-state index in [0.29, 0.717) is 13.1 Å². The minimum atomic E-state index is -3.08. The number of ether oxygens (including phenoxy) is 2. The number of benzene rings is 1. The Balaban J connectivity index is 0.000000463. The number of rotatable bonds is 6. The molecule has 6 heteroatoms. The summed E-state index contributed by atoms with van der Waals surface area (Å²) < 4.78 is 33.7. The molecule has 0 fully saturated rings. The molecule has 1 atom stereocenters. The van der Waals surface area contributed by atoms with Crippen molar-refractivity contribution in [3.05, 3.63) is 42.0 Å². The fraction of sp³-hybridized carbons (Fsp3) is 0.471. The zero-order valence-corrected chi connectivity index (χ0v) is 14.4. The van der Waals surface area contributed by atoms with Gasteiger partial charge in [-0.25, -0.2) is 8.42 Å². The summed E-state index contributed by atoms with van der Waals surface area (Å²) in [5, 5.41) is -0.312. The SMILES string of the molecule is CCOC=O.COc1ccc(CS(=O)(=O)C2C=CCCC2)cc1. The molecule has 0 amide bonds. The molecule has 23 heavy (non-hydrogen) atoms. The van der Waals surface area contributed by atoms with Crippen molar-refractivity contribution < 1.29 is 22.7 Å². The molecular weight excluding hydrogens is 316 g/mol. The van der Waals surface area contributed by atoms with Crippen molar-refractivity contribution in [2.24, 2.45) is 0 Å². The summed E-state index contributed by atoms with van der Waals surface area (Å²) in [4.78, 5) is 9.18. The van der Waals surface area contributed by atoms with Gasteiger partial charge >= 0.3 is 0 Å². The van der Waals surface area contributed by atoms with Crippen LogP contribution < -0.4 is 4.74 Å². The predicted octanol–water partition coefficient (Wildman–Crippen LogP) is 2.90. The fourth-order valence-electron chi connectivity index (χ4n) is 2.21. The van der Waals surface area contributed by atoms with Crippen LogP contribution >= 0.6 is 0 Å². The minimum absolute atomic E-state index is 0.103. The van der Waals surface area contributed by atoms with Gasteiger partial charge in [0.05, 0.1) is 24.7 Å². The van der Waals surface area contributed by atoms with Gasteiger partial charge in [-0.15, -0.1) is 0 Å². The molecule has 2 rings (SSSR count). The number of sulfone groups is 1. The number of carbonyl (C=O) groups is 1. The molecule has 0 saturated heterocycles. The lowest BCUT2D eigenvalue weighted by atomic mass is 10.1. The lowest BCUT2D eigenvalue weighted by molar-refractivity contribution is -0.128. The van der Waals surface area contributed by atoms with Crippen molar-refractivity contribution >= 4 is 16.3 Å². The van der Waals surface area contributed by atoms with Crippen LogP contribution in [0.25, 0.3) is 0 Å². The molecule has 0 spiro atoms. The van der Waals surface area contributed by atoms with E-state index >= 15 is 0 Å². The second-order valence-corrected chi connectivity index (χ2v) is 7.32. The molecule has 5 nitrogen and oxygen atoms in total. The standard InChI is InChI=1S/C14H18O3S.C3H6O2/c1-17-13-9-7-12(8-10-13)11-18(15,16)14-5-3-2-4-6-14;1-2-5-3-4/h3,5,7-10,14H,2,4,6,11H2,1H3;3H,2H2,1H3. The highest BCUT2D eigenvalue weighted by Gasteiger charge is 2.24. The van der Waals surface area contributed by atoms with E-state index in [9.17, 15) is 13.2 Å². The normalized spacial score (nSPS) is 16.9. The van der Waals surface area contributed by atoms with Crippen molar-refractivity contribution in [1.29, 1.82) is 0 Å². The van der Waals surface area contributed by atoms with Crippen molar-refractivity contribution in [2.75, 3.05) is 13.7 Å². The molecule has 1 aromatic rings. The summed E-state index contributed by atoms with van der Waals surface area (Å²) >= 11 is 0. The van der Waals surface area contributed by atoms with Gasteiger partial charge in [0.1, 0.15) is 5.75 Å². The average molecular weight is 340 g/mol. The van der Waals surface area contributed by atoms with Crippen LogP contribution in [-0.4, -0.2) is 33.9 Å². The Morgan fingerprint density at radius 1 is 1.26 bits per heavy atom. The summed E-state index contributed by atoms with van der Waals surface area (Å²) in [5.41, 5.74) is 0.815. The Labute approximate surface area is 138 Å². The Morgan fingerprint density at radius 2 is 1.96 bits per heavy atom. The second-order valence-electron chi connectivity index (χ2n) is 5.10. The molecule has 1 unspecified atom stereocenters. The van der Waals surface area contributed by atoms with E-state index in [0.717, 1.165) is 30.6 Å². The number of allylic oxidation sites excluding steroid dienone is 1. The molecule has 0 radical (unpaired) electrons. The molecule has 0 aromatic heterocycles. The Morgan fingerprint density at radius 3 is 2.39 bits per heavy atom. The van der Waals surface area contributed by atoms with Crippen molar-refractivity contribution in [3.63, 3.8) is 0 Å². The van der Waals surface area contributed by atoms with Gasteiger partial charge in [-0.2, -0.15) is 0 Å². The monoisotopic (exact) mass is 340 g/mol. The smallest absolute Gasteiger partial charge is 0.293 e. The first-order chi connectivity index (χ1) is 11.0. The van der Waals surface area contributed by atoms with Crippen molar-refractivity contribution in [2.45, 2.75) is 37.2 Å². The summed E-state index contributed by atoms with van der Waals surface area (Å²) in [6.45, 7) is 2.66. The van der Waals surface area contributed by atoms with E-state index in [1.54, 1.807) is 26.2 Å². The maximum absolute atomic E-state index is 12.2. The lowest BCUT2D eigenvalue weighted by Gasteiger charge is -2.17. The van der Waals surface area contributed by atoms with Gasteiger partial charge in [0.15, 0.2) is 9.84 Å². The van der Waals surface area contributed by atoms with E-state index < -0.39 is 9.84 Å². The van der Waals surface area contributed by atoms with Crippen LogP contribution in [0, 0.1) is 0 Å². The van der Waals surface area contributed by atoms with Crippen LogP contribution in [0.1, 0.15) is 31.7 Å². The predicted molar refractivity (Wildman–Crippen MR) is 90.1 cm³/mol. The topological polar surface area (TPSA) is 69.7 Å². The van der Waals surface area contributed by atoms with Crippen molar-refractivity contribution in [1.82, 2.24) is 0 Å². The van der Waals surface area contributed by atoms with Gasteiger partial charge in [0.25, 0.3) is 6.47 Å². The Hall–Kier alpha value is -1.82. The van der Waals surface area contributed by atoms with E-state index in [4.69, 9.17) is 4.74 Å². The van der Waals surface area contributed by atoms with Gasteiger partial charge in [-0.05, 0) is 43.9 Å². The first kappa shape index (κ1) is 19.2. The summed E-state index contributed by atoms with van der Waals surface area (Å²) in [6.07, 6.45) is 6.51. The van der Waals surface area contributed by atoms with Crippen LogP contribution in [0.15, 0.2) is 36.4 Å². The molecule has 128 valence electrons. The Bertz CT molecular complexity index is 590. The minimum Gasteiger partial charge on any atom is -0.497 e. The van der Waals surface area contributed by atoms with Crippen molar-refractivity contribution in [3.8, 4) is 5.75 Å². The summed E-state index contributed by atoms with van der Waals surface area (Å²) in [5.74, 6) is 0.847. The zero-order chi connectivity index (χ0) is 17.1. The largest absolute Gasteiger partial charge is 0.497 e. The fourth-order valence-corrected chi connectivity index (χ4v) is 3.96. The molecule has 0 saturated carbocycles. The van der Waals surface area contributed by atoms with Gasteiger partial charge in [-0.3, -0.25) is 4.79 Å². The number of hydrogen-bond acceptors (Lipinski definition) is 5. The highest BCUT2D eigenvalue weighted by Crippen LogP contribution is 2.22. The van der Waals surface area contributed by atoms with E-state index in [1.165, 1.54) is 0 Å². The van der Waals surface area contributed by atoms with Gasteiger partial charge in [-0.1, -0.05) is 24.3 Å². The molecular formula is C17H24O5S. The quantitative estimate of drug-likeness (QED) is 0.588. The number of carbonyl (C=O) groups excluding carboxylic acids is 1. The third kappa shape index (κ3) is 6.86. The average Bonchev–Trinajstić information content (AvgIpc) is 2.57. The first-order valence-electron chi connectivity index (χ1n) is 7.60. The lowest BCUT2D eigenvalue weighted by Crippen LogP contribution is -2.22. The van der Waals surface area contributed by atoms with Gasteiger partial charge in [0.2, 0.25) is 0 Å². The third-order valence-electron chi connectivity index (χ3n) is 3.43. The van der Waals surface area contributed by atoms with Crippen LogP contribution in [0.2, 0.25) is 0 Å².